The van der Waals surface area contributed by atoms with E-state index >= 15 is 0 Å². The van der Waals surface area contributed by atoms with Gasteiger partial charge in [-0.15, -0.1) is 0 Å². The van der Waals surface area contributed by atoms with Crippen molar-refractivity contribution in [3.05, 3.63) is 0 Å². The van der Waals surface area contributed by atoms with E-state index < -0.39 is 5.97 Å². The van der Waals surface area contributed by atoms with Crippen LogP contribution in [0.15, 0.2) is 0 Å². The van der Waals surface area contributed by atoms with Crippen LogP contribution in [0.5, 0.6) is 0 Å². The monoisotopic (exact) mass is 252 g/mol. The molecule has 102 valence electrons. The van der Waals surface area contributed by atoms with Crippen LogP contribution in [0.2, 0.25) is 0 Å². The molecule has 1 N–H and O–H groups in total. The van der Waals surface area contributed by atoms with Gasteiger partial charge in [-0.1, -0.05) is 20.8 Å². The van der Waals surface area contributed by atoms with Gasteiger partial charge in [0, 0.05) is 5.92 Å². The van der Waals surface area contributed by atoms with Gasteiger partial charge in [0.2, 0.25) is 0 Å². The van der Waals surface area contributed by atoms with E-state index in [1.807, 2.05) is 0 Å². The van der Waals surface area contributed by atoms with Gasteiger partial charge in [-0.3, -0.25) is 9.59 Å². The third-order valence-electron chi connectivity index (χ3n) is 5.92. The summed E-state index contributed by atoms with van der Waals surface area (Å²) in [7, 11) is 0. The molecule has 2 saturated carbocycles. The van der Waals surface area contributed by atoms with Gasteiger partial charge in [-0.2, -0.15) is 0 Å². The molecule has 0 aromatic carbocycles. The van der Waals surface area contributed by atoms with Crippen LogP contribution in [-0.4, -0.2) is 16.9 Å². The zero-order valence-corrected chi connectivity index (χ0v) is 11.8. The van der Waals surface area contributed by atoms with Gasteiger partial charge < -0.3 is 5.11 Å². The smallest absolute Gasteiger partial charge is 0.303 e. The minimum Gasteiger partial charge on any atom is -0.481 e. The molecule has 18 heavy (non-hydrogen) atoms. The molecule has 0 spiro atoms. The van der Waals surface area contributed by atoms with Crippen molar-refractivity contribution in [1.82, 2.24) is 0 Å². The Balaban J connectivity index is 2.41. The van der Waals surface area contributed by atoms with Crippen LogP contribution in [0.25, 0.3) is 0 Å². The molecule has 2 fully saturated rings. The average molecular weight is 252 g/mol. The first-order valence-electron chi connectivity index (χ1n) is 6.94. The van der Waals surface area contributed by atoms with Crippen molar-refractivity contribution in [2.24, 2.45) is 28.6 Å². The highest BCUT2D eigenvalue weighted by Gasteiger charge is 2.63. The second-order valence-corrected chi connectivity index (χ2v) is 7.02. The number of aliphatic carboxylic acids is 1. The summed E-state index contributed by atoms with van der Waals surface area (Å²) in [6.45, 7) is 8.14. The van der Waals surface area contributed by atoms with Crippen LogP contribution in [0, 0.1) is 28.6 Å². The molecular formula is C15H24O3. The Bertz CT molecular complexity index is 385. The zero-order valence-electron chi connectivity index (χ0n) is 11.8. The van der Waals surface area contributed by atoms with Gasteiger partial charge in [-0.05, 0) is 48.9 Å². The van der Waals surface area contributed by atoms with E-state index in [0.717, 1.165) is 19.3 Å². The molecule has 4 atom stereocenters. The molecule has 0 aromatic rings. The molecule has 0 saturated heterocycles. The summed E-state index contributed by atoms with van der Waals surface area (Å²) in [6.07, 6.45) is 3.18. The summed E-state index contributed by atoms with van der Waals surface area (Å²) in [4.78, 5) is 23.1. The van der Waals surface area contributed by atoms with Crippen molar-refractivity contribution in [2.75, 3.05) is 0 Å². The molecule has 0 radical (unpaired) electrons. The first kappa shape index (κ1) is 13.6. The number of ketones is 1. The average Bonchev–Trinajstić information content (AvgIpc) is 2.62. The van der Waals surface area contributed by atoms with Gasteiger partial charge in [-0.25, -0.2) is 0 Å². The number of carboxylic acid groups (broad SMARTS) is 1. The molecule has 3 heteroatoms. The Morgan fingerprint density at radius 3 is 2.39 bits per heavy atom. The molecule has 3 nitrogen and oxygen atoms in total. The molecule has 2 rings (SSSR count). The molecular weight excluding hydrogens is 228 g/mol. The summed E-state index contributed by atoms with van der Waals surface area (Å²) in [5, 5.41) is 9.24. The fraction of sp³-hybridized carbons (Fsp3) is 0.867. The molecule has 0 aliphatic heterocycles. The Morgan fingerprint density at radius 2 is 1.89 bits per heavy atom. The molecule has 0 amide bonds. The summed E-state index contributed by atoms with van der Waals surface area (Å²) in [5.41, 5.74) is -0.197. The minimum absolute atomic E-state index is 0.0320. The van der Waals surface area contributed by atoms with E-state index in [1.54, 1.807) is 6.92 Å². The number of rotatable bonds is 3. The fourth-order valence-electron chi connectivity index (χ4n) is 5.00. The van der Waals surface area contributed by atoms with Crippen molar-refractivity contribution in [3.8, 4) is 0 Å². The number of carboxylic acids is 1. The van der Waals surface area contributed by atoms with E-state index in [2.05, 4.69) is 20.8 Å². The molecule has 0 aromatic heterocycles. The molecule has 1 unspecified atom stereocenters. The maximum atomic E-state index is 11.9. The standard InChI is InChI=1S/C15H24O3/c1-9-5-6-12-14(3,4)11(10(2)16)7-15(9,12)8-13(17)18/h9,11-12H,5-8H2,1-4H3,(H,17,18)/t9-,11+,12?,15-/m1/s1. The van der Waals surface area contributed by atoms with Crippen LogP contribution >= 0.6 is 0 Å². The zero-order chi connectivity index (χ0) is 13.7. The third-order valence-corrected chi connectivity index (χ3v) is 5.92. The molecule has 2 aliphatic rings. The van der Waals surface area contributed by atoms with Crippen molar-refractivity contribution in [1.29, 1.82) is 0 Å². The summed E-state index contributed by atoms with van der Waals surface area (Å²) in [5.74, 6) is 0.344. The fourth-order valence-corrected chi connectivity index (χ4v) is 5.00. The lowest BCUT2D eigenvalue weighted by Crippen LogP contribution is -2.33. The Labute approximate surface area is 109 Å². The van der Waals surface area contributed by atoms with Crippen LogP contribution in [0.4, 0.5) is 0 Å². The predicted octanol–water partition coefficient (Wildman–Crippen LogP) is 3.13. The van der Waals surface area contributed by atoms with Gasteiger partial charge in [0.1, 0.15) is 5.78 Å². The normalized spacial score (nSPS) is 41.7. The van der Waals surface area contributed by atoms with Gasteiger partial charge in [0.15, 0.2) is 0 Å². The van der Waals surface area contributed by atoms with E-state index in [9.17, 15) is 14.7 Å². The summed E-state index contributed by atoms with van der Waals surface area (Å²) >= 11 is 0. The lowest BCUT2D eigenvalue weighted by molar-refractivity contribution is -0.141. The van der Waals surface area contributed by atoms with Gasteiger partial charge in [0.05, 0.1) is 6.42 Å². The van der Waals surface area contributed by atoms with Crippen molar-refractivity contribution in [3.63, 3.8) is 0 Å². The van der Waals surface area contributed by atoms with Crippen molar-refractivity contribution >= 4 is 11.8 Å². The SMILES string of the molecule is CC(=O)[C@@H]1C[C@]2(CC(=O)O)C(CC[C@H]2C)C1(C)C. The van der Waals surface area contributed by atoms with Gasteiger partial charge >= 0.3 is 5.97 Å². The Morgan fingerprint density at radius 1 is 1.28 bits per heavy atom. The third kappa shape index (κ3) is 1.70. The minimum atomic E-state index is -0.714. The number of Topliss-reactive ketones (excluding diaryl/α,β-unsaturated/α-hetero) is 1. The second kappa shape index (κ2) is 4.07. The number of carbonyl (C=O) groups excluding carboxylic acids is 1. The molecule has 2 aliphatic carbocycles. The van der Waals surface area contributed by atoms with Crippen molar-refractivity contribution in [2.45, 2.75) is 53.4 Å². The van der Waals surface area contributed by atoms with Crippen molar-refractivity contribution < 1.29 is 14.7 Å². The summed E-state index contributed by atoms with van der Waals surface area (Å²) in [6, 6.07) is 0. The first-order chi connectivity index (χ1) is 8.21. The second-order valence-electron chi connectivity index (χ2n) is 7.02. The number of fused-ring (bicyclic) bond motifs is 1. The first-order valence-corrected chi connectivity index (χ1v) is 6.94. The highest BCUT2D eigenvalue weighted by Crippen LogP contribution is 2.68. The molecule has 0 bridgehead atoms. The van der Waals surface area contributed by atoms with E-state index in [0.29, 0.717) is 11.8 Å². The van der Waals surface area contributed by atoms with Crippen LogP contribution < -0.4 is 0 Å². The van der Waals surface area contributed by atoms with E-state index in [1.165, 1.54) is 0 Å². The largest absolute Gasteiger partial charge is 0.481 e. The molecule has 0 heterocycles. The summed E-state index contributed by atoms with van der Waals surface area (Å²) < 4.78 is 0. The Hall–Kier alpha value is -0.860. The lowest BCUT2D eigenvalue weighted by Gasteiger charge is -2.36. The topological polar surface area (TPSA) is 54.4 Å². The number of hydrogen-bond donors (Lipinski definition) is 1. The highest BCUT2D eigenvalue weighted by molar-refractivity contribution is 5.80. The maximum Gasteiger partial charge on any atom is 0.303 e. The van der Waals surface area contributed by atoms with Crippen LogP contribution in [0.1, 0.15) is 53.4 Å². The Kier molecular flexibility index (Phi) is 3.07. The maximum absolute atomic E-state index is 11.9. The number of carbonyl (C=O) groups is 2. The lowest BCUT2D eigenvalue weighted by atomic mass is 9.67. The van der Waals surface area contributed by atoms with Crippen LogP contribution in [-0.2, 0) is 9.59 Å². The highest BCUT2D eigenvalue weighted by atomic mass is 16.4. The predicted molar refractivity (Wildman–Crippen MR) is 69.1 cm³/mol. The quantitative estimate of drug-likeness (QED) is 0.839. The van der Waals surface area contributed by atoms with E-state index in [-0.39, 0.29) is 29.0 Å². The number of hydrogen-bond acceptors (Lipinski definition) is 2. The van der Waals surface area contributed by atoms with Gasteiger partial charge in [0.25, 0.3) is 0 Å². The van der Waals surface area contributed by atoms with E-state index in [4.69, 9.17) is 0 Å². The van der Waals surface area contributed by atoms with Crippen LogP contribution in [0.3, 0.4) is 0 Å².